The third-order valence-electron chi connectivity index (χ3n) is 3.88. The van der Waals surface area contributed by atoms with Gasteiger partial charge in [0.2, 0.25) is 0 Å². The van der Waals surface area contributed by atoms with Gasteiger partial charge in [-0.2, -0.15) is 0 Å². The highest BCUT2D eigenvalue weighted by Gasteiger charge is 2.25. The molecule has 1 saturated heterocycles. The second kappa shape index (κ2) is 4.68. The minimum atomic E-state index is -0.281. The van der Waals surface area contributed by atoms with E-state index in [4.69, 9.17) is 0 Å². The van der Waals surface area contributed by atoms with Gasteiger partial charge in [-0.15, -0.1) is 0 Å². The minimum absolute atomic E-state index is 0.0174. The van der Waals surface area contributed by atoms with Gasteiger partial charge >= 0.3 is 0 Å². The number of piperidine rings is 1. The van der Waals surface area contributed by atoms with Gasteiger partial charge in [0.15, 0.2) is 0 Å². The highest BCUT2D eigenvalue weighted by molar-refractivity contribution is 5.98. The number of nitrogens with one attached hydrogen (secondary N) is 1. The van der Waals surface area contributed by atoms with Crippen molar-refractivity contribution in [3.63, 3.8) is 0 Å². The first-order valence-corrected chi connectivity index (χ1v) is 6.74. The fourth-order valence-corrected chi connectivity index (χ4v) is 2.77. The summed E-state index contributed by atoms with van der Waals surface area (Å²) in [5.41, 5.74) is 1.35. The average molecular weight is 260 g/mol. The summed E-state index contributed by atoms with van der Waals surface area (Å²) in [6.45, 7) is 2.89. The van der Waals surface area contributed by atoms with Crippen molar-refractivity contribution in [3.05, 3.63) is 35.8 Å². The van der Waals surface area contributed by atoms with Crippen LogP contribution in [0.1, 0.15) is 36.7 Å². The lowest BCUT2D eigenvalue weighted by Crippen LogP contribution is -2.42. The lowest BCUT2D eigenvalue weighted by molar-refractivity contribution is 0.0630. The van der Waals surface area contributed by atoms with Gasteiger partial charge < -0.3 is 9.88 Å². The van der Waals surface area contributed by atoms with Crippen LogP contribution in [0.4, 0.5) is 4.39 Å². The Morgan fingerprint density at radius 2 is 2.21 bits per heavy atom. The van der Waals surface area contributed by atoms with Crippen molar-refractivity contribution in [2.75, 3.05) is 6.54 Å². The number of nitrogens with zero attached hydrogens (tertiary/aromatic N) is 1. The number of carbonyl (C=O) groups excluding carboxylic acids is 1. The Labute approximate surface area is 111 Å². The van der Waals surface area contributed by atoms with E-state index in [1.807, 2.05) is 4.90 Å². The van der Waals surface area contributed by atoms with Crippen molar-refractivity contribution in [3.8, 4) is 0 Å². The Morgan fingerprint density at radius 1 is 1.37 bits per heavy atom. The van der Waals surface area contributed by atoms with E-state index in [2.05, 4.69) is 11.9 Å². The lowest BCUT2D eigenvalue weighted by Gasteiger charge is -2.33. The first kappa shape index (κ1) is 12.2. The van der Waals surface area contributed by atoms with Crippen molar-refractivity contribution < 1.29 is 9.18 Å². The number of hydrogen-bond acceptors (Lipinski definition) is 1. The first-order valence-electron chi connectivity index (χ1n) is 6.74. The Bertz CT molecular complexity index is 620. The minimum Gasteiger partial charge on any atom is -0.351 e. The van der Waals surface area contributed by atoms with E-state index >= 15 is 0 Å². The van der Waals surface area contributed by atoms with Gasteiger partial charge in [0.1, 0.15) is 11.5 Å². The summed E-state index contributed by atoms with van der Waals surface area (Å²) < 4.78 is 13.2. The number of benzene rings is 1. The van der Waals surface area contributed by atoms with Gasteiger partial charge in [-0.25, -0.2) is 4.39 Å². The van der Waals surface area contributed by atoms with E-state index < -0.39 is 0 Å². The molecule has 3 nitrogen and oxygen atoms in total. The molecule has 0 saturated carbocycles. The summed E-state index contributed by atoms with van der Waals surface area (Å²) in [5.74, 6) is -0.263. The zero-order chi connectivity index (χ0) is 13.4. The summed E-state index contributed by atoms with van der Waals surface area (Å²) in [5, 5.41) is 0.744. The predicted octanol–water partition coefficient (Wildman–Crippen LogP) is 3.32. The summed E-state index contributed by atoms with van der Waals surface area (Å²) in [4.78, 5) is 17.5. The van der Waals surface area contributed by atoms with E-state index in [1.54, 1.807) is 12.1 Å². The monoisotopic (exact) mass is 260 g/mol. The zero-order valence-electron chi connectivity index (χ0n) is 10.9. The molecule has 2 heterocycles. The summed E-state index contributed by atoms with van der Waals surface area (Å²) in [6.07, 6.45) is 3.30. The molecule has 1 aromatic heterocycles. The van der Waals surface area contributed by atoms with Gasteiger partial charge in [0.25, 0.3) is 5.91 Å². The molecule has 3 rings (SSSR count). The van der Waals surface area contributed by atoms with Crippen LogP contribution in [-0.4, -0.2) is 28.4 Å². The molecule has 0 bridgehead atoms. The number of halogens is 1. The molecule has 0 aliphatic carbocycles. The van der Waals surface area contributed by atoms with E-state index in [0.29, 0.717) is 5.69 Å². The van der Waals surface area contributed by atoms with E-state index in [0.717, 1.165) is 30.3 Å². The maximum atomic E-state index is 13.2. The van der Waals surface area contributed by atoms with Crippen molar-refractivity contribution in [2.45, 2.75) is 32.2 Å². The molecule has 1 N–H and O–H groups in total. The van der Waals surface area contributed by atoms with E-state index in [9.17, 15) is 9.18 Å². The summed E-state index contributed by atoms with van der Waals surface area (Å²) in [7, 11) is 0. The summed E-state index contributed by atoms with van der Waals surface area (Å²) >= 11 is 0. The molecule has 1 amide bonds. The van der Waals surface area contributed by atoms with Crippen molar-refractivity contribution in [2.24, 2.45) is 0 Å². The van der Waals surface area contributed by atoms with Crippen molar-refractivity contribution in [1.82, 2.24) is 9.88 Å². The molecular weight excluding hydrogens is 243 g/mol. The number of hydrogen-bond donors (Lipinski definition) is 1. The van der Waals surface area contributed by atoms with Crippen molar-refractivity contribution >= 4 is 16.8 Å². The van der Waals surface area contributed by atoms with E-state index in [-0.39, 0.29) is 17.8 Å². The van der Waals surface area contributed by atoms with Crippen LogP contribution < -0.4 is 0 Å². The van der Waals surface area contributed by atoms with E-state index in [1.165, 1.54) is 18.6 Å². The van der Waals surface area contributed by atoms with Gasteiger partial charge in [-0.3, -0.25) is 4.79 Å². The van der Waals surface area contributed by atoms with Gasteiger partial charge in [-0.05, 0) is 50.5 Å². The zero-order valence-corrected chi connectivity index (χ0v) is 10.9. The van der Waals surface area contributed by atoms with Crippen LogP contribution in [0.3, 0.4) is 0 Å². The maximum Gasteiger partial charge on any atom is 0.270 e. The molecular formula is C15H17FN2O. The molecule has 0 spiro atoms. The number of rotatable bonds is 1. The Morgan fingerprint density at radius 3 is 3.00 bits per heavy atom. The van der Waals surface area contributed by atoms with Gasteiger partial charge in [-0.1, -0.05) is 0 Å². The van der Waals surface area contributed by atoms with Crippen molar-refractivity contribution in [1.29, 1.82) is 0 Å². The number of H-pyrrole nitrogens is 1. The lowest BCUT2D eigenvalue weighted by atomic mass is 10.0. The molecule has 0 radical (unpaired) electrons. The van der Waals surface area contributed by atoms with Crippen LogP contribution in [0.2, 0.25) is 0 Å². The normalized spacial score (nSPS) is 19.9. The Hall–Kier alpha value is -1.84. The first-order chi connectivity index (χ1) is 9.15. The van der Waals surface area contributed by atoms with Gasteiger partial charge in [0.05, 0.1) is 0 Å². The molecule has 1 aliphatic rings. The average Bonchev–Trinajstić information content (AvgIpc) is 2.81. The van der Waals surface area contributed by atoms with Crippen LogP contribution >= 0.6 is 0 Å². The van der Waals surface area contributed by atoms with Gasteiger partial charge in [0, 0.05) is 23.5 Å². The molecule has 1 atom stereocenters. The predicted molar refractivity (Wildman–Crippen MR) is 72.6 cm³/mol. The summed E-state index contributed by atoms with van der Waals surface area (Å²) in [6, 6.07) is 6.53. The molecule has 100 valence electrons. The maximum absolute atomic E-state index is 13.2. The van der Waals surface area contributed by atoms with Crippen LogP contribution in [0.25, 0.3) is 10.9 Å². The van der Waals surface area contributed by atoms with Crippen LogP contribution in [0.15, 0.2) is 24.3 Å². The largest absolute Gasteiger partial charge is 0.351 e. The number of carbonyl (C=O) groups is 1. The Balaban J connectivity index is 1.92. The standard InChI is InChI=1S/C15H17FN2O/c1-10-4-2-3-7-18(10)15(19)14-9-11-8-12(16)5-6-13(11)17-14/h5-6,8-10,17H,2-4,7H2,1H3. The third-order valence-corrected chi connectivity index (χ3v) is 3.88. The molecule has 19 heavy (non-hydrogen) atoms. The Kier molecular flexibility index (Phi) is 3.01. The smallest absolute Gasteiger partial charge is 0.270 e. The van der Waals surface area contributed by atoms with Crippen LogP contribution in [0, 0.1) is 5.82 Å². The molecule has 1 aromatic carbocycles. The molecule has 1 unspecified atom stereocenters. The molecule has 1 fully saturated rings. The van der Waals surface area contributed by atoms with Crippen LogP contribution in [-0.2, 0) is 0 Å². The number of aromatic amines is 1. The molecule has 2 aromatic rings. The van der Waals surface area contributed by atoms with Crippen LogP contribution in [0.5, 0.6) is 0 Å². The SMILES string of the molecule is CC1CCCCN1C(=O)c1cc2cc(F)ccc2[nH]1. The topological polar surface area (TPSA) is 36.1 Å². The number of fused-ring (bicyclic) bond motifs is 1. The fourth-order valence-electron chi connectivity index (χ4n) is 2.77. The fraction of sp³-hybridized carbons (Fsp3) is 0.400. The third kappa shape index (κ3) is 2.23. The number of aromatic nitrogens is 1. The second-order valence-corrected chi connectivity index (χ2v) is 5.26. The quantitative estimate of drug-likeness (QED) is 0.839. The number of amides is 1. The highest BCUT2D eigenvalue weighted by atomic mass is 19.1. The second-order valence-electron chi connectivity index (χ2n) is 5.26. The highest BCUT2D eigenvalue weighted by Crippen LogP contribution is 2.22. The molecule has 4 heteroatoms. The molecule has 1 aliphatic heterocycles. The number of likely N-dealkylation sites (tertiary alicyclic amines) is 1.